The predicted octanol–water partition coefficient (Wildman–Crippen LogP) is 4.31. The van der Waals surface area contributed by atoms with E-state index in [2.05, 4.69) is 0 Å². The summed E-state index contributed by atoms with van der Waals surface area (Å²) in [5, 5.41) is 2.40. The number of fused-ring (bicyclic) bond motifs is 1. The van der Waals surface area contributed by atoms with Gasteiger partial charge in [-0.15, -0.1) is 0 Å². The number of rotatable bonds is 7. The Bertz CT molecular complexity index is 983. The number of esters is 1. The van der Waals surface area contributed by atoms with Gasteiger partial charge in [0.05, 0.1) is 12.1 Å². The number of methoxy groups -OCH3 is 1. The van der Waals surface area contributed by atoms with Crippen molar-refractivity contribution in [3.05, 3.63) is 71.2 Å². The van der Waals surface area contributed by atoms with Gasteiger partial charge in [0.2, 0.25) is 0 Å². The van der Waals surface area contributed by atoms with Crippen LogP contribution in [0, 0.1) is 0 Å². The maximum Gasteiger partial charge on any atom is 0.344 e. The standard InChI is InChI=1S/C21H17ClO5/c1-25-20-9-7-16(11-18(20)22)19(23)12-27-21(24)13-26-17-8-6-14-4-2-3-5-15(14)10-17/h2-11H,12-13H2,1H3. The molecule has 0 fully saturated rings. The molecule has 6 heteroatoms. The second-order valence-corrected chi connectivity index (χ2v) is 6.14. The van der Waals surface area contributed by atoms with Crippen LogP contribution in [0.25, 0.3) is 10.8 Å². The van der Waals surface area contributed by atoms with E-state index in [0.29, 0.717) is 22.1 Å². The third-order valence-corrected chi connectivity index (χ3v) is 4.21. The van der Waals surface area contributed by atoms with E-state index in [1.54, 1.807) is 18.2 Å². The molecule has 0 saturated carbocycles. The van der Waals surface area contributed by atoms with Crippen molar-refractivity contribution < 1.29 is 23.8 Å². The number of ether oxygens (including phenoxy) is 3. The number of carbonyl (C=O) groups is 2. The lowest BCUT2D eigenvalue weighted by Crippen LogP contribution is -2.19. The molecule has 0 aliphatic heterocycles. The molecular weight excluding hydrogens is 368 g/mol. The fourth-order valence-electron chi connectivity index (χ4n) is 2.51. The molecular formula is C21H17ClO5. The van der Waals surface area contributed by atoms with Crippen LogP contribution in [0.15, 0.2) is 60.7 Å². The van der Waals surface area contributed by atoms with Crippen molar-refractivity contribution in [1.82, 2.24) is 0 Å². The second-order valence-electron chi connectivity index (χ2n) is 5.73. The molecule has 0 atom stereocenters. The summed E-state index contributed by atoms with van der Waals surface area (Å²) in [4.78, 5) is 23.9. The van der Waals surface area contributed by atoms with Crippen molar-refractivity contribution in [1.29, 1.82) is 0 Å². The SMILES string of the molecule is COc1ccc(C(=O)COC(=O)COc2ccc3ccccc3c2)cc1Cl. The second kappa shape index (κ2) is 8.56. The van der Waals surface area contributed by atoms with Gasteiger partial charge in [-0.2, -0.15) is 0 Å². The van der Waals surface area contributed by atoms with Crippen molar-refractivity contribution in [2.24, 2.45) is 0 Å². The lowest BCUT2D eigenvalue weighted by Gasteiger charge is -2.08. The molecule has 138 valence electrons. The van der Waals surface area contributed by atoms with Gasteiger partial charge in [-0.3, -0.25) is 4.79 Å². The molecule has 0 bridgehead atoms. The van der Waals surface area contributed by atoms with E-state index in [1.807, 2.05) is 36.4 Å². The number of ketones is 1. The summed E-state index contributed by atoms with van der Waals surface area (Å²) in [5.74, 6) is 0.0302. The molecule has 0 saturated heterocycles. The van der Waals surface area contributed by atoms with E-state index in [9.17, 15) is 9.59 Å². The molecule has 3 aromatic carbocycles. The molecule has 0 aliphatic rings. The zero-order valence-electron chi connectivity index (χ0n) is 14.6. The van der Waals surface area contributed by atoms with Gasteiger partial charge in [-0.05, 0) is 41.1 Å². The fraction of sp³-hybridized carbons (Fsp3) is 0.143. The van der Waals surface area contributed by atoms with Crippen LogP contribution in [-0.4, -0.2) is 32.1 Å². The van der Waals surface area contributed by atoms with Crippen LogP contribution in [0.1, 0.15) is 10.4 Å². The molecule has 0 spiro atoms. The summed E-state index contributed by atoms with van der Waals surface area (Å²) in [7, 11) is 1.49. The molecule has 0 radical (unpaired) electrons. The molecule has 3 aromatic rings. The van der Waals surface area contributed by atoms with Gasteiger partial charge in [0, 0.05) is 5.56 Å². The van der Waals surface area contributed by atoms with E-state index >= 15 is 0 Å². The van der Waals surface area contributed by atoms with Crippen molar-refractivity contribution in [3.8, 4) is 11.5 Å². The van der Waals surface area contributed by atoms with Crippen molar-refractivity contribution in [3.63, 3.8) is 0 Å². The van der Waals surface area contributed by atoms with Gasteiger partial charge in [0.1, 0.15) is 11.5 Å². The Balaban J connectivity index is 1.51. The summed E-state index contributed by atoms with van der Waals surface area (Å²) in [6.07, 6.45) is 0. The van der Waals surface area contributed by atoms with Gasteiger partial charge >= 0.3 is 5.97 Å². The number of halogens is 1. The molecule has 0 aliphatic carbocycles. The van der Waals surface area contributed by atoms with E-state index < -0.39 is 5.97 Å². The largest absolute Gasteiger partial charge is 0.495 e. The molecule has 0 unspecified atom stereocenters. The molecule has 0 amide bonds. The Morgan fingerprint density at radius 2 is 1.70 bits per heavy atom. The number of hydrogen-bond acceptors (Lipinski definition) is 5. The fourth-order valence-corrected chi connectivity index (χ4v) is 2.77. The summed E-state index contributed by atoms with van der Waals surface area (Å²) in [5.41, 5.74) is 0.337. The lowest BCUT2D eigenvalue weighted by atomic mass is 10.1. The first-order valence-corrected chi connectivity index (χ1v) is 8.58. The average molecular weight is 385 g/mol. The average Bonchev–Trinajstić information content (AvgIpc) is 2.70. The lowest BCUT2D eigenvalue weighted by molar-refractivity contribution is -0.144. The van der Waals surface area contributed by atoms with Gasteiger partial charge in [-0.25, -0.2) is 4.79 Å². The van der Waals surface area contributed by atoms with Crippen LogP contribution in [0.3, 0.4) is 0 Å². The van der Waals surface area contributed by atoms with Gasteiger partial charge < -0.3 is 14.2 Å². The quantitative estimate of drug-likeness (QED) is 0.448. The van der Waals surface area contributed by atoms with Crippen molar-refractivity contribution in [2.45, 2.75) is 0 Å². The Morgan fingerprint density at radius 3 is 2.44 bits per heavy atom. The minimum atomic E-state index is -0.629. The maximum atomic E-state index is 12.1. The van der Waals surface area contributed by atoms with Crippen LogP contribution in [0.5, 0.6) is 11.5 Å². The first-order valence-electron chi connectivity index (χ1n) is 8.21. The first kappa shape index (κ1) is 18.7. The minimum absolute atomic E-state index is 0.283. The highest BCUT2D eigenvalue weighted by molar-refractivity contribution is 6.32. The van der Waals surface area contributed by atoms with E-state index in [4.69, 9.17) is 25.8 Å². The van der Waals surface area contributed by atoms with E-state index in [1.165, 1.54) is 13.2 Å². The third kappa shape index (κ3) is 4.77. The van der Waals surface area contributed by atoms with E-state index in [0.717, 1.165) is 10.8 Å². The normalized spacial score (nSPS) is 10.4. The number of carbonyl (C=O) groups excluding carboxylic acids is 2. The Morgan fingerprint density at radius 1 is 0.926 bits per heavy atom. The van der Waals surface area contributed by atoms with Crippen LogP contribution < -0.4 is 9.47 Å². The third-order valence-electron chi connectivity index (χ3n) is 3.92. The van der Waals surface area contributed by atoms with Crippen molar-refractivity contribution >= 4 is 34.1 Å². The summed E-state index contributed by atoms with van der Waals surface area (Å²) >= 11 is 5.99. The predicted molar refractivity (Wildman–Crippen MR) is 103 cm³/mol. The van der Waals surface area contributed by atoms with Gasteiger partial charge in [-0.1, -0.05) is 41.9 Å². The number of Topliss-reactive ketones (excluding diaryl/α,β-unsaturated/α-hetero) is 1. The maximum absolute atomic E-state index is 12.1. The molecule has 3 rings (SSSR count). The smallest absolute Gasteiger partial charge is 0.344 e. The monoisotopic (exact) mass is 384 g/mol. The molecule has 0 N–H and O–H groups in total. The number of benzene rings is 3. The zero-order valence-corrected chi connectivity index (χ0v) is 15.4. The van der Waals surface area contributed by atoms with Gasteiger partial charge in [0.15, 0.2) is 19.0 Å². The first-order chi connectivity index (χ1) is 13.1. The van der Waals surface area contributed by atoms with Crippen LogP contribution in [-0.2, 0) is 9.53 Å². The Kier molecular flexibility index (Phi) is 5.94. The summed E-state index contributed by atoms with van der Waals surface area (Å²) in [6.45, 7) is -0.669. The number of hydrogen-bond donors (Lipinski definition) is 0. The van der Waals surface area contributed by atoms with Crippen LogP contribution in [0.4, 0.5) is 0 Å². The molecule has 0 heterocycles. The molecule has 0 aromatic heterocycles. The highest BCUT2D eigenvalue weighted by atomic mass is 35.5. The molecule has 27 heavy (non-hydrogen) atoms. The highest BCUT2D eigenvalue weighted by Crippen LogP contribution is 2.25. The van der Waals surface area contributed by atoms with Crippen LogP contribution >= 0.6 is 11.6 Å². The zero-order chi connectivity index (χ0) is 19.2. The highest BCUT2D eigenvalue weighted by Gasteiger charge is 2.13. The minimum Gasteiger partial charge on any atom is -0.495 e. The summed E-state index contributed by atoms with van der Waals surface area (Å²) in [6, 6.07) is 18.0. The molecule has 5 nitrogen and oxygen atoms in total. The summed E-state index contributed by atoms with van der Waals surface area (Å²) < 4.78 is 15.4. The van der Waals surface area contributed by atoms with E-state index in [-0.39, 0.29) is 19.0 Å². The Labute approximate surface area is 161 Å². The topological polar surface area (TPSA) is 61.8 Å². The Hall–Kier alpha value is -3.05. The van der Waals surface area contributed by atoms with Crippen LogP contribution in [0.2, 0.25) is 5.02 Å². The van der Waals surface area contributed by atoms with Crippen molar-refractivity contribution in [2.75, 3.05) is 20.3 Å². The van der Waals surface area contributed by atoms with Gasteiger partial charge in [0.25, 0.3) is 0 Å².